The number of aliphatic carboxylic acids is 1. The fraction of sp³-hybridized carbons (Fsp3) is 0.214. The Kier molecular flexibility index (Phi) is 5.28. The minimum Gasteiger partial charge on any atom is -0.478 e. The summed E-state index contributed by atoms with van der Waals surface area (Å²) in [6.07, 6.45) is 8.68. The summed E-state index contributed by atoms with van der Waals surface area (Å²) in [6.45, 7) is 1.38. The summed E-state index contributed by atoms with van der Waals surface area (Å²) in [5, 5.41) is 11.4. The lowest BCUT2D eigenvalue weighted by atomic mass is 10.3. The molecule has 2 aromatic heterocycles. The third-order valence-corrected chi connectivity index (χ3v) is 3.73. The second-order valence-corrected chi connectivity index (χ2v) is 5.40. The molecule has 0 atom stereocenters. The standard InChI is InChI=1S/C14H15N3O3S/c18-13(19)5-3-11-2-4-12(21-11)14(20)16-6-1-8-17-9-7-15-10-17/h2-5,7,9-10H,1,6,8H2,(H,16,20)(H,18,19). The number of carboxylic acids is 1. The van der Waals surface area contributed by atoms with Gasteiger partial charge in [-0.25, -0.2) is 9.78 Å². The molecule has 2 aromatic rings. The molecular formula is C14H15N3O3S. The van der Waals surface area contributed by atoms with Gasteiger partial charge in [0.2, 0.25) is 0 Å². The molecule has 2 N–H and O–H groups in total. The number of amides is 1. The zero-order chi connectivity index (χ0) is 15.1. The van der Waals surface area contributed by atoms with Crippen LogP contribution in [0.5, 0.6) is 0 Å². The van der Waals surface area contributed by atoms with Crippen LogP contribution in [0.3, 0.4) is 0 Å². The topological polar surface area (TPSA) is 84.2 Å². The largest absolute Gasteiger partial charge is 0.478 e. The number of thiophene rings is 1. The third kappa shape index (κ3) is 4.88. The highest BCUT2D eigenvalue weighted by atomic mass is 32.1. The molecule has 0 fully saturated rings. The Morgan fingerprint density at radius 1 is 1.43 bits per heavy atom. The molecule has 0 spiro atoms. The average molecular weight is 305 g/mol. The van der Waals surface area contributed by atoms with Crippen LogP contribution in [0.25, 0.3) is 6.08 Å². The second-order valence-electron chi connectivity index (χ2n) is 4.28. The molecule has 110 valence electrons. The van der Waals surface area contributed by atoms with E-state index >= 15 is 0 Å². The highest BCUT2D eigenvalue weighted by molar-refractivity contribution is 7.14. The number of aromatic nitrogens is 2. The number of hydrogen-bond acceptors (Lipinski definition) is 4. The quantitative estimate of drug-likeness (QED) is 0.604. The minimum absolute atomic E-state index is 0.138. The molecule has 6 nitrogen and oxygen atoms in total. The Hall–Kier alpha value is -2.41. The Morgan fingerprint density at radius 2 is 2.29 bits per heavy atom. The van der Waals surface area contributed by atoms with Crippen molar-refractivity contribution in [1.29, 1.82) is 0 Å². The molecule has 0 bridgehead atoms. The monoisotopic (exact) mass is 305 g/mol. The number of carbonyl (C=O) groups is 2. The van der Waals surface area contributed by atoms with E-state index in [1.807, 2.05) is 10.8 Å². The van der Waals surface area contributed by atoms with Crippen LogP contribution in [0.15, 0.2) is 36.9 Å². The molecule has 7 heteroatoms. The van der Waals surface area contributed by atoms with Gasteiger partial charge in [-0.1, -0.05) is 0 Å². The van der Waals surface area contributed by atoms with Gasteiger partial charge in [0.15, 0.2) is 0 Å². The molecule has 0 radical (unpaired) electrons. The van der Waals surface area contributed by atoms with Crippen molar-refractivity contribution in [3.63, 3.8) is 0 Å². The van der Waals surface area contributed by atoms with Crippen molar-refractivity contribution in [3.8, 4) is 0 Å². The van der Waals surface area contributed by atoms with Gasteiger partial charge in [-0.2, -0.15) is 0 Å². The van der Waals surface area contributed by atoms with Crippen LogP contribution in [0.1, 0.15) is 21.0 Å². The zero-order valence-electron chi connectivity index (χ0n) is 11.2. The molecule has 2 heterocycles. The SMILES string of the molecule is O=C(O)C=Cc1ccc(C(=O)NCCCn2ccnc2)s1. The summed E-state index contributed by atoms with van der Waals surface area (Å²) in [5.74, 6) is -1.14. The first-order valence-corrected chi connectivity index (χ1v) is 7.21. The number of nitrogens with zero attached hydrogens (tertiary/aromatic N) is 2. The van der Waals surface area contributed by atoms with Gasteiger partial charge in [0.25, 0.3) is 5.91 Å². The smallest absolute Gasteiger partial charge is 0.328 e. The summed E-state index contributed by atoms with van der Waals surface area (Å²) >= 11 is 1.26. The normalized spacial score (nSPS) is 10.9. The predicted octanol–water partition coefficient (Wildman–Crippen LogP) is 1.86. The first-order valence-electron chi connectivity index (χ1n) is 6.40. The first-order chi connectivity index (χ1) is 10.1. The fourth-order valence-corrected chi connectivity index (χ4v) is 2.51. The van der Waals surface area contributed by atoms with Gasteiger partial charge in [0.1, 0.15) is 0 Å². The van der Waals surface area contributed by atoms with Gasteiger partial charge >= 0.3 is 5.97 Å². The maximum Gasteiger partial charge on any atom is 0.328 e. The van der Waals surface area contributed by atoms with Gasteiger partial charge in [-0.3, -0.25) is 4.79 Å². The van der Waals surface area contributed by atoms with Crippen LogP contribution in [-0.2, 0) is 11.3 Å². The van der Waals surface area contributed by atoms with E-state index in [4.69, 9.17) is 5.11 Å². The molecule has 0 saturated carbocycles. The highest BCUT2D eigenvalue weighted by Gasteiger charge is 2.07. The van der Waals surface area contributed by atoms with Crippen molar-refractivity contribution in [1.82, 2.24) is 14.9 Å². The Morgan fingerprint density at radius 3 is 3.00 bits per heavy atom. The van der Waals surface area contributed by atoms with Gasteiger partial charge in [0, 0.05) is 36.4 Å². The molecular weight excluding hydrogens is 290 g/mol. The summed E-state index contributed by atoms with van der Waals surface area (Å²) in [6, 6.07) is 3.42. The van der Waals surface area contributed by atoms with Gasteiger partial charge in [0.05, 0.1) is 11.2 Å². The minimum atomic E-state index is -1.01. The predicted molar refractivity (Wildman–Crippen MR) is 80.2 cm³/mol. The molecule has 0 aromatic carbocycles. The van der Waals surface area contributed by atoms with Gasteiger partial charge in [-0.05, 0) is 24.6 Å². The molecule has 0 saturated heterocycles. The number of rotatable bonds is 7. The second kappa shape index (κ2) is 7.39. The summed E-state index contributed by atoms with van der Waals surface area (Å²) < 4.78 is 1.95. The van der Waals surface area contributed by atoms with Crippen LogP contribution in [0.4, 0.5) is 0 Å². The van der Waals surface area contributed by atoms with Crippen LogP contribution >= 0.6 is 11.3 Å². The number of imidazole rings is 1. The number of aryl methyl sites for hydroxylation is 1. The van der Waals surface area contributed by atoms with Gasteiger partial charge in [-0.15, -0.1) is 11.3 Å². The molecule has 0 aliphatic carbocycles. The average Bonchev–Trinajstić information content (AvgIpc) is 3.12. The zero-order valence-corrected chi connectivity index (χ0v) is 12.0. The van der Waals surface area contributed by atoms with E-state index in [2.05, 4.69) is 10.3 Å². The van der Waals surface area contributed by atoms with E-state index in [9.17, 15) is 9.59 Å². The van der Waals surface area contributed by atoms with E-state index in [1.54, 1.807) is 24.7 Å². The number of carboxylic acid groups (broad SMARTS) is 1. The number of nitrogens with one attached hydrogen (secondary N) is 1. The van der Waals surface area contributed by atoms with Crippen LogP contribution in [0, 0.1) is 0 Å². The number of hydrogen-bond donors (Lipinski definition) is 2. The highest BCUT2D eigenvalue weighted by Crippen LogP contribution is 2.17. The van der Waals surface area contributed by atoms with Crippen molar-refractivity contribution < 1.29 is 14.7 Å². The van der Waals surface area contributed by atoms with E-state index in [-0.39, 0.29) is 5.91 Å². The lowest BCUT2D eigenvalue weighted by Crippen LogP contribution is -2.24. The summed E-state index contributed by atoms with van der Waals surface area (Å²) in [7, 11) is 0. The van der Waals surface area contributed by atoms with Crippen molar-refractivity contribution in [2.24, 2.45) is 0 Å². The van der Waals surface area contributed by atoms with E-state index in [0.717, 1.165) is 23.9 Å². The molecule has 2 rings (SSSR count). The van der Waals surface area contributed by atoms with Gasteiger partial charge < -0.3 is 15.0 Å². The van der Waals surface area contributed by atoms with Crippen LogP contribution in [0.2, 0.25) is 0 Å². The molecule has 0 unspecified atom stereocenters. The lowest BCUT2D eigenvalue weighted by Gasteiger charge is -2.04. The van der Waals surface area contributed by atoms with E-state index in [1.165, 1.54) is 17.4 Å². The molecule has 21 heavy (non-hydrogen) atoms. The summed E-state index contributed by atoms with van der Waals surface area (Å²) in [4.78, 5) is 27.6. The van der Waals surface area contributed by atoms with Crippen LogP contribution in [-0.4, -0.2) is 33.1 Å². The fourth-order valence-electron chi connectivity index (χ4n) is 1.69. The Balaban J connectivity index is 1.76. The van der Waals surface area contributed by atoms with Crippen molar-refractivity contribution in [2.75, 3.05) is 6.54 Å². The maximum absolute atomic E-state index is 11.9. The molecule has 1 amide bonds. The first kappa shape index (κ1) is 15.0. The van der Waals surface area contributed by atoms with Crippen molar-refractivity contribution in [2.45, 2.75) is 13.0 Å². The van der Waals surface area contributed by atoms with E-state index < -0.39 is 5.97 Å². The molecule has 0 aliphatic rings. The Labute approximate surface area is 125 Å². The van der Waals surface area contributed by atoms with Crippen molar-refractivity contribution in [3.05, 3.63) is 46.7 Å². The van der Waals surface area contributed by atoms with E-state index in [0.29, 0.717) is 11.4 Å². The van der Waals surface area contributed by atoms with Crippen LogP contribution < -0.4 is 5.32 Å². The maximum atomic E-state index is 11.9. The third-order valence-electron chi connectivity index (χ3n) is 2.68. The van der Waals surface area contributed by atoms with Crippen molar-refractivity contribution >= 4 is 29.3 Å². The molecule has 0 aliphatic heterocycles. The number of carbonyl (C=O) groups excluding carboxylic acids is 1. The summed E-state index contributed by atoms with van der Waals surface area (Å²) in [5.41, 5.74) is 0. The lowest BCUT2D eigenvalue weighted by molar-refractivity contribution is -0.131. The Bertz CT molecular complexity index is 632.